The van der Waals surface area contributed by atoms with Crippen LogP contribution in [0.15, 0.2) is 23.2 Å². The molecule has 0 fully saturated rings. The molecule has 0 saturated carbocycles. The van der Waals surface area contributed by atoms with Gasteiger partial charge >= 0.3 is 0 Å². The topological polar surface area (TPSA) is 49.9 Å². The van der Waals surface area contributed by atoms with Crippen molar-refractivity contribution >= 4 is 30.6 Å². The summed E-state index contributed by atoms with van der Waals surface area (Å²) in [6, 6.07) is 3.44. The number of hydrogen-bond acceptors (Lipinski definition) is 2. The molecule has 0 saturated heterocycles. The van der Waals surface area contributed by atoms with Crippen molar-refractivity contribution in [2.75, 3.05) is 0 Å². The van der Waals surface area contributed by atoms with E-state index in [2.05, 4.69) is 4.98 Å². The number of H-pyrrole nitrogens is 1. The Morgan fingerprint density at radius 3 is 2.60 bits per heavy atom. The predicted octanol–water partition coefficient (Wildman–Crippen LogP) is 2.71. The first-order valence-electron chi connectivity index (χ1n) is 4.43. The van der Waals surface area contributed by atoms with E-state index >= 15 is 0 Å². The Hall–Kier alpha value is -1.00. The number of benzene rings is 1. The molecule has 15 heavy (non-hydrogen) atoms. The van der Waals surface area contributed by atoms with E-state index in [0.29, 0.717) is 5.56 Å². The van der Waals surface area contributed by atoms with Gasteiger partial charge in [0, 0.05) is 27.8 Å². The highest BCUT2D eigenvalue weighted by Gasteiger charge is 2.17. The molecule has 0 bridgehead atoms. The lowest BCUT2D eigenvalue weighted by Crippen LogP contribution is -1.96. The molecular weight excluding hydrogens is 234 g/mol. The molecule has 0 radical (unpaired) electrons. The molecule has 3 nitrogen and oxygen atoms in total. The van der Waals surface area contributed by atoms with Crippen LogP contribution in [0.4, 0.5) is 0 Å². The average molecular weight is 244 g/mol. The van der Waals surface area contributed by atoms with Crippen LogP contribution in [-0.4, -0.2) is 13.4 Å². The number of halogens is 1. The molecule has 1 aromatic carbocycles. The lowest BCUT2D eigenvalue weighted by Gasteiger charge is -2.06. The normalized spacial score (nSPS) is 12.2. The van der Waals surface area contributed by atoms with Gasteiger partial charge in [0.25, 0.3) is 9.05 Å². The summed E-state index contributed by atoms with van der Waals surface area (Å²) in [6.45, 7) is 3.61. The Labute approximate surface area is 92.5 Å². The summed E-state index contributed by atoms with van der Waals surface area (Å²) in [5.74, 6) is 0. The molecule has 0 amide bonds. The Bertz CT molecular complexity index is 628. The minimum atomic E-state index is -3.67. The highest BCUT2D eigenvalue weighted by molar-refractivity contribution is 8.13. The summed E-state index contributed by atoms with van der Waals surface area (Å²) >= 11 is 0. The summed E-state index contributed by atoms with van der Waals surface area (Å²) in [6.07, 6.45) is 1.79. The fourth-order valence-corrected chi connectivity index (χ4v) is 3.05. The van der Waals surface area contributed by atoms with Crippen LogP contribution in [0.3, 0.4) is 0 Å². The second-order valence-corrected chi connectivity index (χ2v) is 6.06. The van der Waals surface area contributed by atoms with E-state index in [1.54, 1.807) is 19.2 Å². The fourth-order valence-electron chi connectivity index (χ4n) is 1.77. The van der Waals surface area contributed by atoms with Crippen LogP contribution in [0.5, 0.6) is 0 Å². The van der Waals surface area contributed by atoms with Crippen LogP contribution in [0.25, 0.3) is 10.9 Å². The fraction of sp³-hybridized carbons (Fsp3) is 0.200. The molecule has 2 aromatic rings. The number of aryl methyl sites for hydroxylation is 2. The van der Waals surface area contributed by atoms with Crippen molar-refractivity contribution in [3.63, 3.8) is 0 Å². The van der Waals surface area contributed by atoms with Gasteiger partial charge in [-0.25, -0.2) is 8.42 Å². The van der Waals surface area contributed by atoms with Crippen LogP contribution in [0, 0.1) is 13.8 Å². The van der Waals surface area contributed by atoms with Crippen LogP contribution in [0.2, 0.25) is 0 Å². The number of aromatic amines is 1. The van der Waals surface area contributed by atoms with E-state index < -0.39 is 9.05 Å². The number of fused-ring (bicyclic) bond motifs is 1. The van der Waals surface area contributed by atoms with E-state index in [-0.39, 0.29) is 4.90 Å². The van der Waals surface area contributed by atoms with Gasteiger partial charge in [-0.15, -0.1) is 0 Å². The Morgan fingerprint density at radius 1 is 1.33 bits per heavy atom. The molecule has 2 rings (SSSR count). The van der Waals surface area contributed by atoms with Crippen molar-refractivity contribution in [1.29, 1.82) is 0 Å². The summed E-state index contributed by atoms with van der Waals surface area (Å²) in [4.78, 5) is 3.26. The van der Waals surface area contributed by atoms with E-state index in [9.17, 15) is 8.42 Å². The maximum atomic E-state index is 11.3. The van der Waals surface area contributed by atoms with Crippen LogP contribution in [0.1, 0.15) is 11.1 Å². The highest BCUT2D eigenvalue weighted by Crippen LogP contribution is 2.29. The SMILES string of the molecule is Cc1c(S(=O)(=O)Cl)cc(C)c2[nH]ccc12. The lowest BCUT2D eigenvalue weighted by atomic mass is 10.1. The van der Waals surface area contributed by atoms with E-state index in [1.807, 2.05) is 13.0 Å². The number of rotatable bonds is 1. The molecule has 1 heterocycles. The average Bonchev–Trinajstić information content (AvgIpc) is 2.58. The first-order chi connectivity index (χ1) is 6.91. The molecule has 1 N–H and O–H groups in total. The largest absolute Gasteiger partial charge is 0.361 e. The van der Waals surface area contributed by atoms with Gasteiger partial charge in [0.1, 0.15) is 0 Å². The number of aromatic nitrogens is 1. The molecule has 0 unspecified atom stereocenters. The molecule has 0 aliphatic carbocycles. The van der Waals surface area contributed by atoms with Gasteiger partial charge in [-0.05, 0) is 37.1 Å². The molecular formula is C10H10ClNO2S. The zero-order chi connectivity index (χ0) is 11.2. The minimum Gasteiger partial charge on any atom is -0.361 e. The third-order valence-electron chi connectivity index (χ3n) is 2.53. The second kappa shape index (κ2) is 3.25. The zero-order valence-electron chi connectivity index (χ0n) is 8.33. The van der Waals surface area contributed by atoms with Gasteiger partial charge in [-0.1, -0.05) is 0 Å². The third kappa shape index (κ3) is 1.64. The zero-order valence-corrected chi connectivity index (χ0v) is 9.91. The van der Waals surface area contributed by atoms with Crippen molar-refractivity contribution in [3.05, 3.63) is 29.5 Å². The molecule has 1 aromatic heterocycles. The first-order valence-corrected chi connectivity index (χ1v) is 6.74. The summed E-state index contributed by atoms with van der Waals surface area (Å²) in [5, 5.41) is 0.897. The molecule has 0 spiro atoms. The Balaban J connectivity index is 2.95. The van der Waals surface area contributed by atoms with Gasteiger partial charge in [-0.3, -0.25) is 0 Å². The molecule has 5 heteroatoms. The Kier molecular flexibility index (Phi) is 2.28. The molecule has 0 atom stereocenters. The summed E-state index contributed by atoms with van der Waals surface area (Å²) in [5.41, 5.74) is 2.52. The predicted molar refractivity (Wildman–Crippen MR) is 60.8 cm³/mol. The van der Waals surface area contributed by atoms with Crippen molar-refractivity contribution in [3.8, 4) is 0 Å². The minimum absolute atomic E-state index is 0.189. The van der Waals surface area contributed by atoms with E-state index in [4.69, 9.17) is 10.7 Å². The maximum absolute atomic E-state index is 11.3. The van der Waals surface area contributed by atoms with Crippen molar-refractivity contribution in [2.45, 2.75) is 18.7 Å². The maximum Gasteiger partial charge on any atom is 0.261 e. The van der Waals surface area contributed by atoms with Gasteiger partial charge in [-0.2, -0.15) is 0 Å². The van der Waals surface area contributed by atoms with Gasteiger partial charge < -0.3 is 4.98 Å². The lowest BCUT2D eigenvalue weighted by molar-refractivity contribution is 0.609. The summed E-state index contributed by atoms with van der Waals surface area (Å²) in [7, 11) is 1.70. The van der Waals surface area contributed by atoms with E-state index in [1.165, 1.54) is 0 Å². The van der Waals surface area contributed by atoms with Gasteiger partial charge in [0.05, 0.1) is 4.90 Å². The molecule has 0 aliphatic heterocycles. The smallest absolute Gasteiger partial charge is 0.261 e. The quantitative estimate of drug-likeness (QED) is 0.783. The monoisotopic (exact) mass is 243 g/mol. The van der Waals surface area contributed by atoms with Gasteiger partial charge in [0.15, 0.2) is 0 Å². The second-order valence-electron chi connectivity index (χ2n) is 3.52. The van der Waals surface area contributed by atoms with Crippen LogP contribution in [-0.2, 0) is 9.05 Å². The molecule has 80 valence electrons. The van der Waals surface area contributed by atoms with Crippen LogP contribution < -0.4 is 0 Å². The van der Waals surface area contributed by atoms with Crippen molar-refractivity contribution < 1.29 is 8.42 Å². The van der Waals surface area contributed by atoms with E-state index in [0.717, 1.165) is 16.5 Å². The standard InChI is InChI=1S/C10H10ClNO2S/c1-6-5-9(15(11,13)14)7(2)8-3-4-12-10(6)8/h3-5,12H,1-2H3. The highest BCUT2D eigenvalue weighted by atomic mass is 35.7. The van der Waals surface area contributed by atoms with Crippen molar-refractivity contribution in [1.82, 2.24) is 4.98 Å². The number of nitrogens with one attached hydrogen (secondary N) is 1. The first kappa shape index (κ1) is 10.5. The third-order valence-corrected chi connectivity index (χ3v) is 3.97. The summed E-state index contributed by atoms with van der Waals surface area (Å²) < 4.78 is 22.7. The Morgan fingerprint density at radius 2 is 2.00 bits per heavy atom. The van der Waals surface area contributed by atoms with Crippen molar-refractivity contribution in [2.24, 2.45) is 0 Å². The van der Waals surface area contributed by atoms with Gasteiger partial charge in [0.2, 0.25) is 0 Å². The number of hydrogen-bond donors (Lipinski definition) is 1. The molecule has 0 aliphatic rings. The van der Waals surface area contributed by atoms with Crippen LogP contribution >= 0.6 is 10.7 Å².